The SMILES string of the molecule is CC(C)(C(=O)n1ccnc1)c1cccc(Cl)c1. The van der Waals surface area contributed by atoms with Crippen LogP contribution in [0.3, 0.4) is 0 Å². The van der Waals surface area contributed by atoms with Gasteiger partial charge >= 0.3 is 0 Å². The first kappa shape index (κ1) is 11.9. The highest BCUT2D eigenvalue weighted by atomic mass is 35.5. The summed E-state index contributed by atoms with van der Waals surface area (Å²) in [4.78, 5) is 16.2. The number of imidazole rings is 1. The minimum absolute atomic E-state index is 0.0303. The lowest BCUT2D eigenvalue weighted by atomic mass is 9.83. The van der Waals surface area contributed by atoms with Crippen LogP contribution in [0.5, 0.6) is 0 Å². The van der Waals surface area contributed by atoms with E-state index in [1.807, 2.05) is 32.0 Å². The van der Waals surface area contributed by atoms with Crippen molar-refractivity contribution in [3.05, 3.63) is 53.6 Å². The predicted molar refractivity (Wildman–Crippen MR) is 67.3 cm³/mol. The lowest BCUT2D eigenvalue weighted by molar-refractivity contribution is 0.0821. The van der Waals surface area contributed by atoms with Crippen LogP contribution in [-0.4, -0.2) is 15.5 Å². The minimum atomic E-state index is -0.633. The summed E-state index contributed by atoms with van der Waals surface area (Å²) < 4.78 is 1.49. The first-order chi connectivity index (χ1) is 8.01. The Morgan fingerprint density at radius 3 is 2.76 bits per heavy atom. The molecule has 1 aromatic heterocycles. The van der Waals surface area contributed by atoms with Crippen molar-refractivity contribution in [2.75, 3.05) is 0 Å². The monoisotopic (exact) mass is 248 g/mol. The molecule has 0 unspecified atom stereocenters. The third-order valence-electron chi connectivity index (χ3n) is 2.82. The maximum absolute atomic E-state index is 12.3. The number of carbonyl (C=O) groups is 1. The fourth-order valence-corrected chi connectivity index (χ4v) is 1.89. The number of benzene rings is 1. The van der Waals surface area contributed by atoms with Gasteiger partial charge in [0.25, 0.3) is 0 Å². The van der Waals surface area contributed by atoms with Crippen molar-refractivity contribution in [1.82, 2.24) is 9.55 Å². The molecule has 0 radical (unpaired) electrons. The van der Waals surface area contributed by atoms with E-state index in [1.54, 1.807) is 18.5 Å². The van der Waals surface area contributed by atoms with Crippen molar-refractivity contribution in [3.63, 3.8) is 0 Å². The Morgan fingerprint density at radius 1 is 1.41 bits per heavy atom. The van der Waals surface area contributed by atoms with Crippen LogP contribution in [-0.2, 0) is 5.41 Å². The van der Waals surface area contributed by atoms with E-state index in [-0.39, 0.29) is 5.91 Å². The van der Waals surface area contributed by atoms with E-state index in [1.165, 1.54) is 10.9 Å². The van der Waals surface area contributed by atoms with E-state index < -0.39 is 5.41 Å². The topological polar surface area (TPSA) is 34.9 Å². The quantitative estimate of drug-likeness (QED) is 0.818. The summed E-state index contributed by atoms with van der Waals surface area (Å²) in [6, 6.07) is 7.36. The van der Waals surface area contributed by atoms with Crippen LogP contribution in [0.2, 0.25) is 5.02 Å². The molecule has 2 rings (SSSR count). The molecule has 4 heteroatoms. The van der Waals surface area contributed by atoms with E-state index in [0.717, 1.165) is 5.56 Å². The molecule has 0 N–H and O–H groups in total. The fourth-order valence-electron chi connectivity index (χ4n) is 1.70. The second kappa shape index (κ2) is 4.34. The van der Waals surface area contributed by atoms with Crippen molar-refractivity contribution in [2.24, 2.45) is 0 Å². The van der Waals surface area contributed by atoms with Crippen LogP contribution >= 0.6 is 11.6 Å². The molecule has 0 atom stereocenters. The van der Waals surface area contributed by atoms with E-state index in [2.05, 4.69) is 4.98 Å². The van der Waals surface area contributed by atoms with Crippen molar-refractivity contribution in [1.29, 1.82) is 0 Å². The van der Waals surface area contributed by atoms with Crippen LogP contribution < -0.4 is 0 Å². The van der Waals surface area contributed by atoms with E-state index in [4.69, 9.17) is 11.6 Å². The maximum Gasteiger partial charge on any atom is 0.241 e. The molecule has 0 aliphatic carbocycles. The number of carbonyl (C=O) groups excluding carboxylic acids is 1. The molecular formula is C13H13ClN2O. The van der Waals surface area contributed by atoms with Crippen LogP contribution in [0, 0.1) is 0 Å². The molecule has 1 aromatic carbocycles. The number of nitrogens with zero attached hydrogens (tertiary/aromatic N) is 2. The molecule has 3 nitrogen and oxygen atoms in total. The van der Waals surface area contributed by atoms with Gasteiger partial charge in [0.2, 0.25) is 5.91 Å². The molecule has 0 amide bonds. The summed E-state index contributed by atoms with van der Waals surface area (Å²) in [6.45, 7) is 3.75. The van der Waals surface area contributed by atoms with Gasteiger partial charge in [-0.1, -0.05) is 23.7 Å². The van der Waals surface area contributed by atoms with Gasteiger partial charge in [-0.25, -0.2) is 4.98 Å². The van der Waals surface area contributed by atoms with Crippen LogP contribution in [0.15, 0.2) is 43.0 Å². The number of hydrogen-bond donors (Lipinski definition) is 0. The number of rotatable bonds is 2. The Hall–Kier alpha value is -1.61. The standard InChI is InChI=1S/C13H13ClN2O/c1-13(2,10-4-3-5-11(14)8-10)12(17)16-7-6-15-9-16/h3-9H,1-2H3. The smallest absolute Gasteiger partial charge is 0.241 e. The highest BCUT2D eigenvalue weighted by Gasteiger charge is 2.30. The normalized spacial score (nSPS) is 11.5. The Bertz CT molecular complexity index is 532. The zero-order chi connectivity index (χ0) is 12.5. The average molecular weight is 249 g/mol. The zero-order valence-electron chi connectivity index (χ0n) is 9.72. The largest absolute Gasteiger partial charge is 0.276 e. The van der Waals surface area contributed by atoms with Gasteiger partial charge in [-0.3, -0.25) is 9.36 Å². The zero-order valence-corrected chi connectivity index (χ0v) is 10.5. The predicted octanol–water partition coefficient (Wildman–Crippen LogP) is 3.15. The van der Waals surface area contributed by atoms with Crippen molar-refractivity contribution in [3.8, 4) is 0 Å². The first-order valence-corrected chi connectivity index (χ1v) is 5.68. The minimum Gasteiger partial charge on any atom is -0.276 e. The summed E-state index contributed by atoms with van der Waals surface area (Å²) in [5.74, 6) is -0.0303. The summed E-state index contributed by atoms with van der Waals surface area (Å²) >= 11 is 5.95. The van der Waals surface area contributed by atoms with Crippen LogP contribution in [0.25, 0.3) is 0 Å². The highest BCUT2D eigenvalue weighted by Crippen LogP contribution is 2.27. The Kier molecular flexibility index (Phi) is 3.03. The molecule has 17 heavy (non-hydrogen) atoms. The summed E-state index contributed by atoms with van der Waals surface area (Å²) in [7, 11) is 0. The number of halogens is 1. The third kappa shape index (κ3) is 2.24. The number of aromatic nitrogens is 2. The van der Waals surface area contributed by atoms with Gasteiger partial charge in [0.05, 0.1) is 5.41 Å². The molecule has 2 aromatic rings. The molecule has 88 valence electrons. The summed E-state index contributed by atoms with van der Waals surface area (Å²) in [5.41, 5.74) is 0.259. The molecule has 0 saturated carbocycles. The molecule has 0 saturated heterocycles. The molecule has 0 bridgehead atoms. The maximum atomic E-state index is 12.3. The molecule has 0 aliphatic heterocycles. The van der Waals surface area contributed by atoms with Gasteiger partial charge in [0.15, 0.2) is 0 Å². The van der Waals surface area contributed by atoms with Crippen LogP contribution in [0.1, 0.15) is 24.2 Å². The molecular weight excluding hydrogens is 236 g/mol. The van der Waals surface area contributed by atoms with E-state index >= 15 is 0 Å². The Labute approximate surface area is 105 Å². The van der Waals surface area contributed by atoms with E-state index in [9.17, 15) is 4.79 Å². The van der Waals surface area contributed by atoms with Gasteiger partial charge in [-0.05, 0) is 31.5 Å². The van der Waals surface area contributed by atoms with Crippen molar-refractivity contribution in [2.45, 2.75) is 19.3 Å². The molecule has 0 aliphatic rings. The van der Waals surface area contributed by atoms with Gasteiger partial charge in [-0.2, -0.15) is 0 Å². The first-order valence-electron chi connectivity index (χ1n) is 5.30. The summed E-state index contributed by atoms with van der Waals surface area (Å²) in [5, 5.41) is 0.633. The summed E-state index contributed by atoms with van der Waals surface area (Å²) in [6.07, 6.45) is 4.75. The lowest BCUT2D eigenvalue weighted by Crippen LogP contribution is -2.33. The van der Waals surface area contributed by atoms with Crippen molar-refractivity contribution < 1.29 is 4.79 Å². The van der Waals surface area contributed by atoms with Gasteiger partial charge in [0.1, 0.15) is 6.33 Å². The van der Waals surface area contributed by atoms with Gasteiger partial charge < -0.3 is 0 Å². The third-order valence-corrected chi connectivity index (χ3v) is 3.05. The fraction of sp³-hybridized carbons (Fsp3) is 0.231. The highest BCUT2D eigenvalue weighted by molar-refractivity contribution is 6.30. The molecule has 1 heterocycles. The Balaban J connectivity index is 2.39. The van der Waals surface area contributed by atoms with Gasteiger partial charge in [-0.15, -0.1) is 0 Å². The second-order valence-electron chi connectivity index (χ2n) is 4.41. The second-order valence-corrected chi connectivity index (χ2v) is 4.85. The van der Waals surface area contributed by atoms with Crippen LogP contribution in [0.4, 0.5) is 0 Å². The molecule has 0 spiro atoms. The average Bonchev–Trinajstić information content (AvgIpc) is 2.81. The number of hydrogen-bond acceptors (Lipinski definition) is 2. The lowest BCUT2D eigenvalue weighted by Gasteiger charge is -2.23. The van der Waals surface area contributed by atoms with Crippen molar-refractivity contribution >= 4 is 17.5 Å². The molecule has 0 fully saturated rings. The Morgan fingerprint density at radius 2 is 2.18 bits per heavy atom. The van der Waals surface area contributed by atoms with Gasteiger partial charge in [0, 0.05) is 17.4 Å². The van der Waals surface area contributed by atoms with E-state index in [0.29, 0.717) is 5.02 Å².